The molecule has 0 unspecified atom stereocenters. The largest absolute Gasteiger partial charge is 0.384 e. The molecule has 4 heteroatoms. The molecule has 1 aliphatic rings. The number of aromatic nitrogens is 1. The zero-order chi connectivity index (χ0) is 11.4. The molecule has 2 N–H and O–H groups in total. The van der Waals surface area contributed by atoms with Crippen LogP contribution in [0, 0.1) is 0 Å². The van der Waals surface area contributed by atoms with E-state index in [1.54, 1.807) is 0 Å². The average Bonchev–Trinajstić information content (AvgIpc) is 2.32. The number of pyridine rings is 1. The van der Waals surface area contributed by atoms with Crippen LogP contribution in [0.4, 0.5) is 11.5 Å². The molecule has 4 nitrogen and oxygen atoms in total. The predicted octanol–water partition coefficient (Wildman–Crippen LogP) is 1.20. The Hall–Kier alpha value is -1.29. The minimum Gasteiger partial charge on any atom is -0.384 e. The molecule has 0 radical (unpaired) electrons. The van der Waals surface area contributed by atoms with E-state index in [9.17, 15) is 0 Å². The number of piperazine rings is 1. The fraction of sp³-hybridized carbons (Fsp3) is 0.583. The number of hydrogen-bond acceptors (Lipinski definition) is 4. The van der Waals surface area contributed by atoms with E-state index in [1.807, 2.05) is 12.3 Å². The predicted molar refractivity (Wildman–Crippen MR) is 67.6 cm³/mol. The Labute approximate surface area is 97.1 Å². The van der Waals surface area contributed by atoms with E-state index in [2.05, 4.69) is 27.8 Å². The molecule has 0 atom stereocenters. The van der Waals surface area contributed by atoms with Crippen LogP contribution in [-0.4, -0.2) is 42.6 Å². The van der Waals surface area contributed by atoms with Crippen LogP contribution < -0.4 is 10.6 Å². The molecule has 0 saturated carbocycles. The molecule has 1 aromatic rings. The van der Waals surface area contributed by atoms with Crippen LogP contribution in [0.1, 0.15) is 13.3 Å². The number of nitrogens with zero attached hydrogens (tertiary/aromatic N) is 3. The Morgan fingerprint density at radius 2 is 2.00 bits per heavy atom. The van der Waals surface area contributed by atoms with Gasteiger partial charge in [-0.2, -0.15) is 0 Å². The fourth-order valence-electron chi connectivity index (χ4n) is 2.13. The number of anilines is 2. The molecule has 16 heavy (non-hydrogen) atoms. The van der Waals surface area contributed by atoms with Gasteiger partial charge in [0.2, 0.25) is 0 Å². The van der Waals surface area contributed by atoms with E-state index in [4.69, 9.17) is 5.73 Å². The molecular formula is C12H20N4. The van der Waals surface area contributed by atoms with Gasteiger partial charge in [0, 0.05) is 26.2 Å². The molecule has 1 aromatic heterocycles. The van der Waals surface area contributed by atoms with Gasteiger partial charge in [0.1, 0.15) is 5.82 Å². The van der Waals surface area contributed by atoms with Crippen LogP contribution >= 0.6 is 0 Å². The number of nitrogens with two attached hydrogens (primary N) is 1. The van der Waals surface area contributed by atoms with Crippen molar-refractivity contribution in [2.75, 3.05) is 43.4 Å². The highest BCUT2D eigenvalue weighted by molar-refractivity contribution is 5.48. The molecule has 2 heterocycles. The highest BCUT2D eigenvalue weighted by Gasteiger charge is 2.16. The summed E-state index contributed by atoms with van der Waals surface area (Å²) in [6.45, 7) is 7.93. The van der Waals surface area contributed by atoms with Gasteiger partial charge in [-0.1, -0.05) is 6.92 Å². The molecule has 0 aromatic carbocycles. The van der Waals surface area contributed by atoms with E-state index in [0.29, 0.717) is 5.82 Å². The first-order valence-corrected chi connectivity index (χ1v) is 5.98. The summed E-state index contributed by atoms with van der Waals surface area (Å²) in [6.07, 6.45) is 3.11. The Bertz CT molecular complexity index is 314. The van der Waals surface area contributed by atoms with Gasteiger partial charge in [-0.25, -0.2) is 4.98 Å². The molecule has 0 bridgehead atoms. The summed E-state index contributed by atoms with van der Waals surface area (Å²) in [6, 6.07) is 3.92. The smallest absolute Gasteiger partial charge is 0.123 e. The second kappa shape index (κ2) is 5.16. The summed E-state index contributed by atoms with van der Waals surface area (Å²) in [5.74, 6) is 0.591. The van der Waals surface area contributed by atoms with Crippen LogP contribution in [-0.2, 0) is 0 Å². The van der Waals surface area contributed by atoms with Crippen molar-refractivity contribution >= 4 is 11.5 Å². The van der Waals surface area contributed by atoms with Gasteiger partial charge >= 0.3 is 0 Å². The summed E-state index contributed by atoms with van der Waals surface area (Å²) in [5.41, 5.74) is 6.77. The van der Waals surface area contributed by atoms with E-state index in [1.165, 1.54) is 18.7 Å². The topological polar surface area (TPSA) is 45.4 Å². The minimum absolute atomic E-state index is 0.591. The van der Waals surface area contributed by atoms with Gasteiger partial charge in [-0.15, -0.1) is 0 Å². The SMILES string of the molecule is CCCN1CCN(c2ccc(N)nc2)CC1. The summed E-state index contributed by atoms with van der Waals surface area (Å²) in [4.78, 5) is 9.02. The molecule has 1 fully saturated rings. The molecule has 0 amide bonds. The third kappa shape index (κ3) is 2.64. The number of hydrogen-bond donors (Lipinski definition) is 1. The highest BCUT2D eigenvalue weighted by Crippen LogP contribution is 2.16. The zero-order valence-corrected chi connectivity index (χ0v) is 9.89. The van der Waals surface area contributed by atoms with E-state index < -0.39 is 0 Å². The van der Waals surface area contributed by atoms with E-state index in [-0.39, 0.29) is 0 Å². The zero-order valence-electron chi connectivity index (χ0n) is 9.89. The lowest BCUT2D eigenvalue weighted by atomic mass is 10.2. The molecule has 1 aliphatic heterocycles. The summed E-state index contributed by atoms with van der Waals surface area (Å²) >= 11 is 0. The van der Waals surface area contributed by atoms with Crippen LogP contribution in [0.15, 0.2) is 18.3 Å². The highest BCUT2D eigenvalue weighted by atomic mass is 15.3. The minimum atomic E-state index is 0.591. The summed E-state index contributed by atoms with van der Waals surface area (Å²) in [5, 5.41) is 0. The van der Waals surface area contributed by atoms with Gasteiger partial charge in [-0.3, -0.25) is 4.90 Å². The Kier molecular flexibility index (Phi) is 3.62. The van der Waals surface area contributed by atoms with Gasteiger partial charge in [-0.05, 0) is 25.1 Å². The van der Waals surface area contributed by atoms with Crippen molar-refractivity contribution in [3.8, 4) is 0 Å². The maximum Gasteiger partial charge on any atom is 0.123 e. The maximum atomic E-state index is 5.58. The summed E-state index contributed by atoms with van der Waals surface area (Å²) in [7, 11) is 0. The van der Waals surface area contributed by atoms with Crippen LogP contribution in [0.2, 0.25) is 0 Å². The first-order valence-electron chi connectivity index (χ1n) is 5.98. The Morgan fingerprint density at radius 1 is 1.25 bits per heavy atom. The van der Waals surface area contributed by atoms with Crippen molar-refractivity contribution in [2.24, 2.45) is 0 Å². The van der Waals surface area contributed by atoms with E-state index in [0.717, 1.165) is 26.2 Å². The number of nitrogen functional groups attached to an aromatic ring is 1. The van der Waals surface area contributed by atoms with Gasteiger partial charge < -0.3 is 10.6 Å². The molecule has 1 saturated heterocycles. The normalized spacial score (nSPS) is 17.7. The molecule has 0 spiro atoms. The lowest BCUT2D eigenvalue weighted by molar-refractivity contribution is 0.258. The van der Waals surface area contributed by atoms with Gasteiger partial charge in [0.05, 0.1) is 11.9 Å². The fourth-order valence-corrected chi connectivity index (χ4v) is 2.13. The average molecular weight is 220 g/mol. The Balaban J connectivity index is 1.91. The first kappa shape index (κ1) is 11.2. The quantitative estimate of drug-likeness (QED) is 0.831. The van der Waals surface area contributed by atoms with Crippen molar-refractivity contribution in [1.29, 1.82) is 0 Å². The van der Waals surface area contributed by atoms with Crippen molar-refractivity contribution in [3.63, 3.8) is 0 Å². The van der Waals surface area contributed by atoms with Crippen LogP contribution in [0.25, 0.3) is 0 Å². The Morgan fingerprint density at radius 3 is 2.56 bits per heavy atom. The summed E-state index contributed by atoms with van der Waals surface area (Å²) < 4.78 is 0. The first-order chi connectivity index (χ1) is 7.79. The molecule has 88 valence electrons. The van der Waals surface area contributed by atoms with Gasteiger partial charge in [0.25, 0.3) is 0 Å². The van der Waals surface area contributed by atoms with Crippen molar-refractivity contribution in [2.45, 2.75) is 13.3 Å². The van der Waals surface area contributed by atoms with Crippen molar-refractivity contribution < 1.29 is 0 Å². The van der Waals surface area contributed by atoms with Crippen LogP contribution in [0.3, 0.4) is 0 Å². The van der Waals surface area contributed by atoms with Crippen molar-refractivity contribution in [3.05, 3.63) is 18.3 Å². The van der Waals surface area contributed by atoms with Gasteiger partial charge in [0.15, 0.2) is 0 Å². The second-order valence-electron chi connectivity index (χ2n) is 4.27. The van der Waals surface area contributed by atoms with E-state index >= 15 is 0 Å². The lowest BCUT2D eigenvalue weighted by Crippen LogP contribution is -2.46. The standard InChI is InChI=1S/C12H20N4/c1-2-5-15-6-8-16(9-7-15)11-3-4-12(13)14-10-11/h3-4,10H,2,5-9H2,1H3,(H2,13,14). The van der Waals surface area contributed by atoms with Crippen LogP contribution in [0.5, 0.6) is 0 Å². The molecule has 2 rings (SSSR count). The second-order valence-corrected chi connectivity index (χ2v) is 4.27. The lowest BCUT2D eigenvalue weighted by Gasteiger charge is -2.35. The number of rotatable bonds is 3. The molecular weight excluding hydrogens is 200 g/mol. The molecule has 0 aliphatic carbocycles. The van der Waals surface area contributed by atoms with Crippen molar-refractivity contribution in [1.82, 2.24) is 9.88 Å². The maximum absolute atomic E-state index is 5.58. The monoisotopic (exact) mass is 220 g/mol. The third-order valence-electron chi connectivity index (χ3n) is 3.05. The third-order valence-corrected chi connectivity index (χ3v) is 3.05.